The molecular formula is C18H13ClN4O. The summed E-state index contributed by atoms with van der Waals surface area (Å²) in [5.41, 5.74) is 2.85. The Bertz CT molecular complexity index is 1010. The molecule has 0 unspecified atom stereocenters. The van der Waals surface area contributed by atoms with Crippen molar-refractivity contribution in [3.8, 4) is 17.0 Å². The fourth-order valence-electron chi connectivity index (χ4n) is 2.61. The van der Waals surface area contributed by atoms with Crippen molar-refractivity contribution >= 4 is 22.5 Å². The molecule has 0 atom stereocenters. The van der Waals surface area contributed by atoms with Gasteiger partial charge in [-0.15, -0.1) is 5.10 Å². The minimum absolute atomic E-state index is 0.117. The molecule has 5 nitrogen and oxygen atoms in total. The van der Waals surface area contributed by atoms with Gasteiger partial charge in [0.05, 0.1) is 12.7 Å². The minimum atomic E-state index is 0.117. The van der Waals surface area contributed by atoms with Crippen LogP contribution in [0.3, 0.4) is 0 Å². The number of aromatic hydroxyl groups is 1. The minimum Gasteiger partial charge on any atom is -0.505 e. The Morgan fingerprint density at radius 1 is 1.04 bits per heavy atom. The molecule has 6 heteroatoms. The van der Waals surface area contributed by atoms with E-state index in [1.807, 2.05) is 48.5 Å². The first-order chi connectivity index (χ1) is 11.7. The molecule has 118 valence electrons. The van der Waals surface area contributed by atoms with Gasteiger partial charge in [-0.2, -0.15) is 0 Å². The molecule has 0 saturated carbocycles. The molecule has 0 amide bonds. The highest BCUT2D eigenvalue weighted by Crippen LogP contribution is 2.33. The molecule has 0 aliphatic rings. The van der Waals surface area contributed by atoms with Gasteiger partial charge in [-0.3, -0.25) is 4.98 Å². The topological polar surface area (TPSA) is 63.8 Å². The monoisotopic (exact) mass is 336 g/mol. The van der Waals surface area contributed by atoms with Crippen molar-refractivity contribution in [2.75, 3.05) is 0 Å². The van der Waals surface area contributed by atoms with E-state index in [2.05, 4.69) is 15.3 Å². The van der Waals surface area contributed by atoms with E-state index in [9.17, 15) is 5.11 Å². The molecule has 0 fully saturated rings. The van der Waals surface area contributed by atoms with Gasteiger partial charge in [0.25, 0.3) is 0 Å². The average Bonchev–Trinajstić information content (AvgIpc) is 3.06. The maximum Gasteiger partial charge on any atom is 0.151 e. The third-order valence-corrected chi connectivity index (χ3v) is 4.07. The summed E-state index contributed by atoms with van der Waals surface area (Å²) in [5.74, 6) is 0.117. The van der Waals surface area contributed by atoms with Crippen molar-refractivity contribution in [3.63, 3.8) is 0 Å². The van der Waals surface area contributed by atoms with Gasteiger partial charge < -0.3 is 5.11 Å². The highest BCUT2D eigenvalue weighted by molar-refractivity contribution is 6.30. The summed E-state index contributed by atoms with van der Waals surface area (Å²) in [6.07, 6.45) is 3.46. The zero-order valence-electron chi connectivity index (χ0n) is 12.6. The van der Waals surface area contributed by atoms with Crippen LogP contribution in [-0.2, 0) is 6.54 Å². The van der Waals surface area contributed by atoms with Crippen LogP contribution in [0.1, 0.15) is 5.56 Å². The van der Waals surface area contributed by atoms with Gasteiger partial charge in [0.1, 0.15) is 11.2 Å². The lowest BCUT2D eigenvalue weighted by Crippen LogP contribution is -1.99. The highest BCUT2D eigenvalue weighted by Gasteiger charge is 2.12. The zero-order valence-corrected chi connectivity index (χ0v) is 13.4. The Labute approximate surface area is 143 Å². The number of halogens is 1. The molecule has 0 aliphatic carbocycles. The van der Waals surface area contributed by atoms with Gasteiger partial charge in [0.15, 0.2) is 5.75 Å². The van der Waals surface area contributed by atoms with Gasteiger partial charge >= 0.3 is 0 Å². The summed E-state index contributed by atoms with van der Waals surface area (Å²) < 4.78 is 1.72. The van der Waals surface area contributed by atoms with E-state index < -0.39 is 0 Å². The molecule has 0 bridgehead atoms. The third kappa shape index (κ3) is 2.70. The lowest BCUT2D eigenvalue weighted by atomic mass is 10.1. The summed E-state index contributed by atoms with van der Waals surface area (Å²) in [6.45, 7) is 0.580. The van der Waals surface area contributed by atoms with E-state index in [-0.39, 0.29) is 5.75 Å². The number of fused-ring (bicyclic) bond motifs is 1. The molecule has 0 saturated heterocycles. The van der Waals surface area contributed by atoms with Crippen LogP contribution in [0.15, 0.2) is 60.9 Å². The molecule has 0 aliphatic heterocycles. The normalized spacial score (nSPS) is 11.0. The molecule has 0 radical (unpaired) electrons. The number of hydrogen-bond donors (Lipinski definition) is 1. The quantitative estimate of drug-likeness (QED) is 0.616. The lowest BCUT2D eigenvalue weighted by Gasteiger charge is -2.04. The number of aromatic nitrogens is 4. The van der Waals surface area contributed by atoms with Crippen LogP contribution in [-0.4, -0.2) is 25.1 Å². The predicted octanol–water partition coefficient (Wildman–Crippen LogP) is 3.90. The maximum atomic E-state index is 10.5. The number of rotatable bonds is 3. The van der Waals surface area contributed by atoms with Gasteiger partial charge in [0, 0.05) is 22.2 Å². The SMILES string of the molecule is Oc1c(-c2cn(Cc3ccc(Cl)cc3)nn2)ccc2cccnc12. The molecule has 4 rings (SSSR count). The Kier molecular flexibility index (Phi) is 3.63. The smallest absolute Gasteiger partial charge is 0.151 e. The average molecular weight is 337 g/mol. The third-order valence-electron chi connectivity index (χ3n) is 3.82. The standard InChI is InChI=1S/C18H13ClN4O/c19-14-6-3-12(4-7-14)10-23-11-16(21-22-23)15-8-5-13-2-1-9-20-17(13)18(15)24/h1-9,11,24H,10H2. The van der Waals surface area contributed by atoms with Crippen molar-refractivity contribution < 1.29 is 5.11 Å². The summed E-state index contributed by atoms with van der Waals surface area (Å²) >= 11 is 5.90. The van der Waals surface area contributed by atoms with E-state index in [0.29, 0.717) is 28.3 Å². The number of hydrogen-bond acceptors (Lipinski definition) is 4. The van der Waals surface area contributed by atoms with Crippen LogP contribution in [0.2, 0.25) is 5.02 Å². The van der Waals surface area contributed by atoms with Crippen LogP contribution in [0.25, 0.3) is 22.2 Å². The molecule has 24 heavy (non-hydrogen) atoms. The Balaban J connectivity index is 1.67. The second-order valence-electron chi connectivity index (χ2n) is 5.46. The fraction of sp³-hybridized carbons (Fsp3) is 0.0556. The summed E-state index contributed by atoms with van der Waals surface area (Å²) in [6, 6.07) is 15.1. The molecule has 1 N–H and O–H groups in total. The van der Waals surface area contributed by atoms with Crippen molar-refractivity contribution in [2.24, 2.45) is 0 Å². The second-order valence-corrected chi connectivity index (χ2v) is 5.90. The summed E-state index contributed by atoms with van der Waals surface area (Å²) in [5, 5.41) is 20.4. The molecular weight excluding hydrogens is 324 g/mol. The summed E-state index contributed by atoms with van der Waals surface area (Å²) in [7, 11) is 0. The predicted molar refractivity (Wildman–Crippen MR) is 93.0 cm³/mol. The molecule has 0 spiro atoms. The van der Waals surface area contributed by atoms with Gasteiger partial charge in [-0.25, -0.2) is 4.68 Å². The van der Waals surface area contributed by atoms with Crippen LogP contribution in [0.5, 0.6) is 5.75 Å². The van der Waals surface area contributed by atoms with Crippen molar-refractivity contribution in [3.05, 3.63) is 71.5 Å². The maximum absolute atomic E-state index is 10.5. The first kappa shape index (κ1) is 14.7. The molecule has 2 aromatic carbocycles. The molecule has 2 heterocycles. The van der Waals surface area contributed by atoms with Crippen LogP contribution >= 0.6 is 11.6 Å². The molecule has 4 aromatic rings. The number of nitrogens with zero attached hydrogens (tertiary/aromatic N) is 4. The van der Waals surface area contributed by atoms with Gasteiger partial charge in [-0.1, -0.05) is 41.1 Å². The Morgan fingerprint density at radius 2 is 1.88 bits per heavy atom. The lowest BCUT2D eigenvalue weighted by molar-refractivity contribution is 0.482. The van der Waals surface area contributed by atoms with Crippen molar-refractivity contribution in [1.29, 1.82) is 0 Å². The second kappa shape index (κ2) is 5.94. The van der Waals surface area contributed by atoms with Gasteiger partial charge in [-0.05, 0) is 29.8 Å². The van der Waals surface area contributed by atoms with E-state index in [0.717, 1.165) is 10.9 Å². The highest BCUT2D eigenvalue weighted by atomic mass is 35.5. The number of pyridine rings is 1. The zero-order chi connectivity index (χ0) is 16.5. The van der Waals surface area contributed by atoms with Crippen molar-refractivity contribution in [2.45, 2.75) is 6.54 Å². The largest absolute Gasteiger partial charge is 0.505 e. The number of benzene rings is 2. The van der Waals surface area contributed by atoms with E-state index in [1.165, 1.54) is 0 Å². The Hall–Kier alpha value is -2.92. The first-order valence-electron chi connectivity index (χ1n) is 7.42. The fourth-order valence-corrected chi connectivity index (χ4v) is 2.74. The number of phenols is 1. The number of phenolic OH excluding ortho intramolecular Hbond substituents is 1. The van der Waals surface area contributed by atoms with Crippen molar-refractivity contribution in [1.82, 2.24) is 20.0 Å². The van der Waals surface area contributed by atoms with Crippen LogP contribution in [0, 0.1) is 0 Å². The Morgan fingerprint density at radius 3 is 2.71 bits per heavy atom. The van der Waals surface area contributed by atoms with Gasteiger partial charge in [0.2, 0.25) is 0 Å². The van der Waals surface area contributed by atoms with Crippen LogP contribution in [0.4, 0.5) is 0 Å². The molecule has 2 aromatic heterocycles. The van der Waals surface area contributed by atoms with Crippen LogP contribution < -0.4 is 0 Å². The van der Waals surface area contributed by atoms with E-state index in [4.69, 9.17) is 11.6 Å². The first-order valence-corrected chi connectivity index (χ1v) is 7.80. The van der Waals surface area contributed by atoms with E-state index in [1.54, 1.807) is 17.1 Å². The van der Waals surface area contributed by atoms with E-state index >= 15 is 0 Å². The summed E-state index contributed by atoms with van der Waals surface area (Å²) in [4.78, 5) is 4.23.